The van der Waals surface area contributed by atoms with Crippen LogP contribution in [-0.2, 0) is 33.3 Å². The molecule has 1 aliphatic carbocycles. The maximum absolute atomic E-state index is 13.2. The zero-order valence-corrected chi connectivity index (χ0v) is 21.5. The number of esters is 2. The lowest BCUT2D eigenvalue weighted by Crippen LogP contribution is -2.49. The first kappa shape index (κ1) is 28.0. The van der Waals surface area contributed by atoms with Gasteiger partial charge in [0.25, 0.3) is 0 Å². The molecule has 1 aliphatic heterocycles. The largest absolute Gasteiger partial charge is 0.454 e. The third kappa shape index (κ3) is 5.67. The van der Waals surface area contributed by atoms with Gasteiger partial charge in [0.2, 0.25) is 5.78 Å². The summed E-state index contributed by atoms with van der Waals surface area (Å²) in [7, 11) is 1.48. The van der Waals surface area contributed by atoms with Gasteiger partial charge in [0.1, 0.15) is 6.10 Å². The van der Waals surface area contributed by atoms with Crippen LogP contribution in [0, 0.1) is 5.92 Å². The number of hydrogen-bond acceptors (Lipinski definition) is 8. The molecule has 2 fully saturated rings. The van der Waals surface area contributed by atoms with E-state index in [1.165, 1.54) is 7.11 Å². The predicted octanol–water partition coefficient (Wildman–Crippen LogP) is 3.22. The van der Waals surface area contributed by atoms with Crippen molar-refractivity contribution >= 4 is 17.7 Å². The summed E-state index contributed by atoms with van der Waals surface area (Å²) in [5.41, 5.74) is -0.787. The van der Waals surface area contributed by atoms with E-state index >= 15 is 0 Å². The van der Waals surface area contributed by atoms with Crippen LogP contribution in [0.15, 0.2) is 35.5 Å². The molecule has 0 aromatic heterocycles. The highest BCUT2D eigenvalue weighted by atomic mass is 16.6. The third-order valence-electron chi connectivity index (χ3n) is 7.17. The molecule has 0 aromatic carbocycles. The minimum absolute atomic E-state index is 0.00948. The second kappa shape index (κ2) is 10.5. The molecule has 190 valence electrons. The zero-order valence-electron chi connectivity index (χ0n) is 21.5. The van der Waals surface area contributed by atoms with Crippen molar-refractivity contribution in [2.75, 3.05) is 7.11 Å². The Bertz CT molecular complexity index is 898. The van der Waals surface area contributed by atoms with Crippen LogP contribution in [-0.4, -0.2) is 65.6 Å². The van der Waals surface area contributed by atoms with Gasteiger partial charge in [-0.05, 0) is 60.5 Å². The van der Waals surface area contributed by atoms with E-state index in [0.717, 1.165) is 0 Å². The number of fused-ring (bicyclic) bond motifs is 1. The van der Waals surface area contributed by atoms with Crippen LogP contribution >= 0.6 is 0 Å². The van der Waals surface area contributed by atoms with Crippen molar-refractivity contribution < 1.29 is 38.4 Å². The average molecular weight is 479 g/mol. The van der Waals surface area contributed by atoms with E-state index in [0.29, 0.717) is 23.1 Å². The number of carbonyl (C=O) groups excluding carboxylic acids is 3. The lowest BCUT2D eigenvalue weighted by molar-refractivity contribution is -0.158. The quantitative estimate of drug-likeness (QED) is 0.220. The van der Waals surface area contributed by atoms with Gasteiger partial charge in [-0.3, -0.25) is 4.79 Å². The molecule has 0 aromatic rings. The Morgan fingerprint density at radius 1 is 1.24 bits per heavy atom. The molecule has 2 aliphatic rings. The summed E-state index contributed by atoms with van der Waals surface area (Å²) >= 11 is 0. The number of aliphatic hydroxyl groups is 1. The van der Waals surface area contributed by atoms with Crippen LogP contribution in [0.1, 0.15) is 61.3 Å². The monoisotopic (exact) mass is 478 g/mol. The fourth-order valence-electron chi connectivity index (χ4n) is 3.85. The average Bonchev–Trinajstić information content (AvgIpc) is 3.49. The topological polar surface area (TPSA) is 112 Å². The number of methoxy groups -OCH3 is 1. The highest BCUT2D eigenvalue weighted by molar-refractivity contribution is 5.98. The molecule has 1 saturated carbocycles. The highest BCUT2D eigenvalue weighted by Gasteiger charge is 2.66. The minimum Gasteiger partial charge on any atom is -0.454 e. The summed E-state index contributed by atoms with van der Waals surface area (Å²) in [5.74, 6) is -2.17. The Morgan fingerprint density at radius 2 is 1.79 bits per heavy atom. The lowest BCUT2D eigenvalue weighted by Gasteiger charge is -2.37. The predicted molar refractivity (Wildman–Crippen MR) is 126 cm³/mol. The number of hydrogen-bond donors (Lipinski definition) is 1. The number of Topliss-reactive ketones (excluding diaryl/α,β-unsaturated/α-hetero) is 1. The maximum Gasteiger partial charge on any atom is 0.334 e. The van der Waals surface area contributed by atoms with Crippen molar-refractivity contribution in [2.24, 2.45) is 5.92 Å². The number of carbonyl (C=O) groups is 3. The molecule has 0 spiro atoms. The molecule has 2 rings (SSSR count). The van der Waals surface area contributed by atoms with Gasteiger partial charge in [-0.2, -0.15) is 0 Å². The second-order valence-corrected chi connectivity index (χ2v) is 9.72. The molecular weight excluding hydrogens is 440 g/mol. The van der Waals surface area contributed by atoms with E-state index in [-0.39, 0.29) is 18.3 Å². The number of allylic oxidation sites excluding steroid dienone is 2. The fourth-order valence-corrected chi connectivity index (χ4v) is 3.85. The van der Waals surface area contributed by atoms with Crippen LogP contribution in [0.3, 0.4) is 0 Å². The smallest absolute Gasteiger partial charge is 0.334 e. The van der Waals surface area contributed by atoms with E-state index in [9.17, 15) is 19.5 Å². The molecule has 8 nitrogen and oxygen atoms in total. The molecular formula is C26H38O8. The van der Waals surface area contributed by atoms with Gasteiger partial charge >= 0.3 is 11.9 Å². The first-order chi connectivity index (χ1) is 15.7. The van der Waals surface area contributed by atoms with Crippen molar-refractivity contribution in [3.63, 3.8) is 0 Å². The summed E-state index contributed by atoms with van der Waals surface area (Å²) in [4.78, 5) is 38.4. The number of ketones is 1. The Balaban J connectivity index is 2.39. The second-order valence-electron chi connectivity index (χ2n) is 9.72. The van der Waals surface area contributed by atoms with Crippen LogP contribution in [0.25, 0.3) is 0 Å². The summed E-state index contributed by atoms with van der Waals surface area (Å²) in [6.45, 7) is 15.9. The third-order valence-corrected chi connectivity index (χ3v) is 7.17. The fraction of sp³-hybridized carbons (Fsp3) is 0.654. The minimum atomic E-state index is -1.14. The summed E-state index contributed by atoms with van der Waals surface area (Å²) in [6.07, 6.45) is 0.145. The lowest BCUT2D eigenvalue weighted by atomic mass is 9.74. The number of aliphatic hydroxyl groups excluding tert-OH is 1. The van der Waals surface area contributed by atoms with E-state index in [4.69, 9.17) is 18.9 Å². The zero-order chi connectivity index (χ0) is 26.0. The van der Waals surface area contributed by atoms with Gasteiger partial charge in [0.15, 0.2) is 11.7 Å². The molecule has 1 heterocycles. The van der Waals surface area contributed by atoms with Crippen molar-refractivity contribution in [3.05, 3.63) is 35.5 Å². The van der Waals surface area contributed by atoms with E-state index in [1.54, 1.807) is 60.6 Å². The molecule has 1 N–H and O–H groups in total. The van der Waals surface area contributed by atoms with Gasteiger partial charge in [-0.25, -0.2) is 9.59 Å². The molecule has 8 heteroatoms. The molecule has 0 amide bonds. The van der Waals surface area contributed by atoms with Crippen LogP contribution in [0.5, 0.6) is 0 Å². The van der Waals surface area contributed by atoms with Gasteiger partial charge in [0.05, 0.1) is 17.8 Å². The molecule has 2 unspecified atom stereocenters. The van der Waals surface area contributed by atoms with Gasteiger partial charge < -0.3 is 24.1 Å². The highest BCUT2D eigenvalue weighted by Crippen LogP contribution is 2.50. The Morgan fingerprint density at radius 3 is 2.32 bits per heavy atom. The summed E-state index contributed by atoms with van der Waals surface area (Å²) in [6, 6.07) is 0. The van der Waals surface area contributed by atoms with E-state index in [1.807, 2.05) is 0 Å². The van der Waals surface area contributed by atoms with E-state index in [2.05, 4.69) is 6.58 Å². The SMILES string of the molecule is C=C(C(CC(O)C(C)(C)OC)OC(=O)/C(C)=C\C)[C@H]1C[C@H]2O[C@@]2(C)C(=O)[C@@H]1OC(=O)/C(C)=C\C. The van der Waals surface area contributed by atoms with Crippen molar-refractivity contribution in [2.45, 2.75) is 96.9 Å². The normalized spacial score (nSPS) is 29.1. The summed E-state index contributed by atoms with van der Waals surface area (Å²) < 4.78 is 22.4. The van der Waals surface area contributed by atoms with Crippen molar-refractivity contribution in [1.29, 1.82) is 0 Å². The summed E-state index contributed by atoms with van der Waals surface area (Å²) in [5, 5.41) is 10.8. The van der Waals surface area contributed by atoms with Crippen LogP contribution in [0.2, 0.25) is 0 Å². The molecule has 6 atom stereocenters. The van der Waals surface area contributed by atoms with Crippen LogP contribution in [0.4, 0.5) is 0 Å². The Labute approximate surface area is 202 Å². The van der Waals surface area contributed by atoms with Crippen molar-refractivity contribution in [3.8, 4) is 0 Å². The van der Waals surface area contributed by atoms with Gasteiger partial charge in [-0.15, -0.1) is 0 Å². The van der Waals surface area contributed by atoms with Gasteiger partial charge in [-0.1, -0.05) is 18.7 Å². The number of epoxide rings is 1. The van der Waals surface area contributed by atoms with Gasteiger partial charge in [0, 0.05) is 30.6 Å². The van der Waals surface area contributed by atoms with Crippen LogP contribution < -0.4 is 0 Å². The number of ether oxygens (including phenoxy) is 4. The molecule has 1 saturated heterocycles. The Kier molecular flexibility index (Phi) is 8.67. The molecule has 0 bridgehead atoms. The maximum atomic E-state index is 13.2. The van der Waals surface area contributed by atoms with Crippen molar-refractivity contribution in [1.82, 2.24) is 0 Å². The first-order valence-corrected chi connectivity index (χ1v) is 11.5. The molecule has 34 heavy (non-hydrogen) atoms. The first-order valence-electron chi connectivity index (χ1n) is 11.5. The standard InChI is InChI=1S/C26H38O8/c1-10-14(3)23(29)32-18(13-19(27)25(6,7)31-9)16(5)17-12-20-26(8,34-20)22(28)21(17)33-24(30)15(4)11-2/h10-11,17-21,27H,5,12-13H2,1-4,6-9H3/b14-10-,15-11-/t17-,18?,19?,20-,21-,26-/m1/s1. The number of rotatable bonds is 10. The molecule has 0 radical (unpaired) electrons. The Hall–Kier alpha value is -2.29. The van der Waals surface area contributed by atoms with E-state index < -0.39 is 47.4 Å².